The van der Waals surface area contributed by atoms with Gasteiger partial charge in [-0.15, -0.1) is 0 Å². The summed E-state index contributed by atoms with van der Waals surface area (Å²) in [7, 11) is 0. The maximum Gasteiger partial charge on any atom is 0.137 e. The number of Topliss-reactive ketones (excluding diaryl/α,β-unsaturated/α-hetero) is 1. The molecule has 0 saturated carbocycles. The molecule has 1 heterocycles. The molecule has 1 aromatic rings. The maximum atomic E-state index is 11.4. The van der Waals surface area contributed by atoms with Gasteiger partial charge in [-0.3, -0.25) is 9.78 Å². The number of carbonyl (C=O) groups excluding carboxylic acids is 1. The lowest BCUT2D eigenvalue weighted by molar-refractivity contribution is -0.118. The van der Waals surface area contributed by atoms with Crippen LogP contribution in [0.1, 0.15) is 31.7 Å². The lowest BCUT2D eigenvalue weighted by Gasteiger charge is -1.99. The summed E-state index contributed by atoms with van der Waals surface area (Å²) >= 11 is 0. The average molecular weight is 177 g/mol. The van der Waals surface area contributed by atoms with Crippen molar-refractivity contribution in [1.29, 1.82) is 0 Å². The minimum absolute atomic E-state index is 0.327. The molecule has 0 fully saturated rings. The molecule has 0 spiro atoms. The molecule has 2 nitrogen and oxygen atoms in total. The van der Waals surface area contributed by atoms with Gasteiger partial charge >= 0.3 is 0 Å². The molecule has 0 saturated heterocycles. The van der Waals surface area contributed by atoms with Crippen LogP contribution >= 0.6 is 0 Å². The molecule has 2 heteroatoms. The van der Waals surface area contributed by atoms with Crippen LogP contribution in [0.25, 0.3) is 0 Å². The van der Waals surface area contributed by atoms with Crippen LogP contribution in [0.3, 0.4) is 0 Å². The third-order valence-electron chi connectivity index (χ3n) is 1.96. The van der Waals surface area contributed by atoms with Gasteiger partial charge in [0.05, 0.1) is 0 Å². The number of nitrogens with zero attached hydrogens (tertiary/aromatic N) is 1. The Bertz CT molecular complexity index is 256. The topological polar surface area (TPSA) is 30.0 Å². The minimum Gasteiger partial charge on any atom is -0.299 e. The van der Waals surface area contributed by atoms with E-state index in [0.717, 1.165) is 18.4 Å². The molecular weight excluding hydrogens is 162 g/mol. The zero-order valence-corrected chi connectivity index (χ0v) is 7.99. The Labute approximate surface area is 79.0 Å². The largest absolute Gasteiger partial charge is 0.299 e. The third kappa shape index (κ3) is 3.83. The van der Waals surface area contributed by atoms with Crippen molar-refractivity contribution in [2.45, 2.75) is 32.6 Å². The van der Waals surface area contributed by atoms with Gasteiger partial charge in [0.15, 0.2) is 0 Å². The fourth-order valence-electron chi connectivity index (χ4n) is 1.19. The Kier molecular flexibility index (Phi) is 4.16. The van der Waals surface area contributed by atoms with Crippen molar-refractivity contribution in [1.82, 2.24) is 4.98 Å². The van der Waals surface area contributed by atoms with Gasteiger partial charge in [-0.25, -0.2) is 0 Å². The van der Waals surface area contributed by atoms with E-state index in [4.69, 9.17) is 0 Å². The van der Waals surface area contributed by atoms with E-state index >= 15 is 0 Å². The SMILES string of the molecule is CCCCC(=O)Cc1ccncc1. The lowest BCUT2D eigenvalue weighted by atomic mass is 10.1. The third-order valence-corrected chi connectivity index (χ3v) is 1.96. The van der Waals surface area contributed by atoms with Gasteiger partial charge in [0.1, 0.15) is 5.78 Å². The number of hydrogen-bond donors (Lipinski definition) is 0. The molecule has 0 amide bonds. The van der Waals surface area contributed by atoms with Crippen molar-refractivity contribution in [3.8, 4) is 0 Å². The number of carbonyl (C=O) groups is 1. The van der Waals surface area contributed by atoms with E-state index in [1.165, 1.54) is 0 Å². The second-order valence-corrected chi connectivity index (χ2v) is 3.17. The van der Waals surface area contributed by atoms with E-state index in [0.29, 0.717) is 18.6 Å². The Morgan fingerprint density at radius 2 is 2.08 bits per heavy atom. The standard InChI is InChI=1S/C11H15NO/c1-2-3-4-11(13)9-10-5-7-12-8-6-10/h5-8H,2-4,9H2,1H3. The summed E-state index contributed by atoms with van der Waals surface area (Å²) in [6, 6.07) is 3.79. The molecule has 0 aliphatic carbocycles. The van der Waals surface area contributed by atoms with Crippen LogP contribution in [-0.4, -0.2) is 10.8 Å². The summed E-state index contributed by atoms with van der Waals surface area (Å²) < 4.78 is 0. The fourth-order valence-corrected chi connectivity index (χ4v) is 1.19. The first-order valence-corrected chi connectivity index (χ1v) is 4.73. The summed E-state index contributed by atoms with van der Waals surface area (Å²) in [6.45, 7) is 2.10. The van der Waals surface area contributed by atoms with Crippen LogP contribution in [-0.2, 0) is 11.2 Å². The number of ketones is 1. The van der Waals surface area contributed by atoms with Crippen LogP contribution in [0.15, 0.2) is 24.5 Å². The molecule has 13 heavy (non-hydrogen) atoms. The number of pyridine rings is 1. The highest BCUT2D eigenvalue weighted by Crippen LogP contribution is 2.03. The van der Waals surface area contributed by atoms with E-state index in [1.807, 2.05) is 12.1 Å². The first kappa shape index (κ1) is 9.90. The van der Waals surface area contributed by atoms with Crippen molar-refractivity contribution in [3.05, 3.63) is 30.1 Å². The van der Waals surface area contributed by atoms with Gasteiger partial charge in [-0.05, 0) is 24.1 Å². The van der Waals surface area contributed by atoms with Crippen molar-refractivity contribution in [3.63, 3.8) is 0 Å². The summed E-state index contributed by atoms with van der Waals surface area (Å²) in [6.07, 6.45) is 6.80. The van der Waals surface area contributed by atoms with Crippen molar-refractivity contribution in [2.75, 3.05) is 0 Å². The molecule has 0 radical (unpaired) electrons. The van der Waals surface area contributed by atoms with E-state index in [2.05, 4.69) is 11.9 Å². The summed E-state index contributed by atoms with van der Waals surface area (Å²) in [5.41, 5.74) is 1.07. The van der Waals surface area contributed by atoms with Crippen molar-refractivity contribution < 1.29 is 4.79 Å². The summed E-state index contributed by atoms with van der Waals surface area (Å²) in [5.74, 6) is 0.327. The molecule has 70 valence electrons. The van der Waals surface area contributed by atoms with Crippen molar-refractivity contribution in [2.24, 2.45) is 0 Å². The molecule has 1 aromatic heterocycles. The Morgan fingerprint density at radius 3 is 2.69 bits per heavy atom. The van der Waals surface area contributed by atoms with E-state index in [9.17, 15) is 4.79 Å². The highest BCUT2D eigenvalue weighted by Gasteiger charge is 2.01. The molecule has 0 aliphatic heterocycles. The first-order chi connectivity index (χ1) is 6.33. The van der Waals surface area contributed by atoms with Crippen LogP contribution in [0.2, 0.25) is 0 Å². The molecule has 0 unspecified atom stereocenters. The van der Waals surface area contributed by atoms with Gasteiger partial charge in [-0.1, -0.05) is 13.3 Å². The zero-order chi connectivity index (χ0) is 9.52. The van der Waals surface area contributed by atoms with E-state index in [-0.39, 0.29) is 0 Å². The minimum atomic E-state index is 0.327. The molecule has 1 rings (SSSR count). The Hall–Kier alpha value is -1.18. The van der Waals surface area contributed by atoms with Crippen LogP contribution in [0.5, 0.6) is 0 Å². The predicted molar refractivity (Wildman–Crippen MR) is 52.5 cm³/mol. The molecule has 0 N–H and O–H groups in total. The second-order valence-electron chi connectivity index (χ2n) is 3.17. The Morgan fingerprint density at radius 1 is 1.38 bits per heavy atom. The van der Waals surface area contributed by atoms with Gasteiger partial charge < -0.3 is 0 Å². The van der Waals surface area contributed by atoms with E-state index in [1.54, 1.807) is 12.4 Å². The summed E-state index contributed by atoms with van der Waals surface area (Å²) in [5, 5.41) is 0. The Balaban J connectivity index is 2.37. The quantitative estimate of drug-likeness (QED) is 0.691. The molecule has 0 atom stereocenters. The highest BCUT2D eigenvalue weighted by molar-refractivity contribution is 5.80. The maximum absolute atomic E-state index is 11.4. The number of aromatic nitrogens is 1. The monoisotopic (exact) mass is 177 g/mol. The second kappa shape index (κ2) is 5.46. The van der Waals surface area contributed by atoms with E-state index < -0.39 is 0 Å². The van der Waals surface area contributed by atoms with Crippen LogP contribution in [0, 0.1) is 0 Å². The molecule has 0 aliphatic rings. The smallest absolute Gasteiger partial charge is 0.137 e. The lowest BCUT2D eigenvalue weighted by Crippen LogP contribution is -2.01. The predicted octanol–water partition coefficient (Wildman–Crippen LogP) is 2.38. The van der Waals surface area contributed by atoms with Crippen LogP contribution < -0.4 is 0 Å². The van der Waals surface area contributed by atoms with Crippen LogP contribution in [0.4, 0.5) is 0 Å². The van der Waals surface area contributed by atoms with Gasteiger partial charge in [0.2, 0.25) is 0 Å². The normalized spacial score (nSPS) is 9.92. The average Bonchev–Trinajstić information content (AvgIpc) is 2.16. The fraction of sp³-hybridized carbons (Fsp3) is 0.455. The molecule has 0 aromatic carbocycles. The first-order valence-electron chi connectivity index (χ1n) is 4.73. The number of unbranched alkanes of at least 4 members (excludes halogenated alkanes) is 1. The van der Waals surface area contributed by atoms with Crippen molar-refractivity contribution >= 4 is 5.78 Å². The van der Waals surface area contributed by atoms with Gasteiger partial charge in [-0.2, -0.15) is 0 Å². The molecular formula is C11H15NO. The summed E-state index contributed by atoms with van der Waals surface area (Å²) in [4.78, 5) is 15.3. The highest BCUT2D eigenvalue weighted by atomic mass is 16.1. The zero-order valence-electron chi connectivity index (χ0n) is 7.99. The number of rotatable bonds is 5. The van der Waals surface area contributed by atoms with Gasteiger partial charge in [0, 0.05) is 25.2 Å². The number of hydrogen-bond acceptors (Lipinski definition) is 2. The van der Waals surface area contributed by atoms with Gasteiger partial charge in [0.25, 0.3) is 0 Å². The molecule has 0 bridgehead atoms.